The first-order valence-electron chi connectivity index (χ1n) is 5.36. The molecule has 1 aliphatic rings. The fourth-order valence-electron chi connectivity index (χ4n) is 2.29. The smallest absolute Gasteiger partial charge is 0.346 e. The Bertz CT molecular complexity index is 432. The van der Waals surface area contributed by atoms with Crippen molar-refractivity contribution in [3.63, 3.8) is 0 Å². The van der Waals surface area contributed by atoms with Gasteiger partial charge in [0.05, 0.1) is 4.21 Å². The third-order valence-corrected chi connectivity index (χ3v) is 5.59. The van der Waals surface area contributed by atoms with Gasteiger partial charge in [0.25, 0.3) is 0 Å². The molecule has 0 radical (unpaired) electrons. The zero-order chi connectivity index (χ0) is 11.9. The Hall–Kier alpha value is -0.480. The summed E-state index contributed by atoms with van der Waals surface area (Å²) in [5.41, 5.74) is 2.71. The molecule has 1 heterocycles. The number of hydrogen-bond donors (Lipinski definition) is 1. The van der Waals surface area contributed by atoms with E-state index in [1.54, 1.807) is 11.8 Å². The molecule has 0 fully saturated rings. The average Bonchev–Trinajstić information content (AvgIpc) is 2.54. The highest BCUT2D eigenvalue weighted by atomic mass is 32.2. The number of thioether (sulfide) groups is 1. The summed E-state index contributed by atoms with van der Waals surface area (Å²) in [7, 11) is 0. The Morgan fingerprint density at radius 1 is 1.44 bits per heavy atom. The second-order valence-corrected chi connectivity index (χ2v) is 7.12. The minimum atomic E-state index is -0.763. The lowest BCUT2D eigenvalue weighted by atomic mass is 9.75. The number of aromatic carboxylic acids is 1. The number of carboxylic acids is 1. The number of hydrogen-bond acceptors (Lipinski definition) is 3. The molecule has 0 saturated carbocycles. The molecule has 0 spiro atoms. The quantitative estimate of drug-likeness (QED) is 0.820. The average molecular weight is 256 g/mol. The molecule has 1 aromatic heterocycles. The Kier molecular flexibility index (Phi) is 3.05. The van der Waals surface area contributed by atoms with E-state index < -0.39 is 5.97 Å². The number of rotatable bonds is 2. The summed E-state index contributed by atoms with van der Waals surface area (Å²) in [6, 6.07) is 0. The highest BCUT2D eigenvalue weighted by Gasteiger charge is 2.32. The van der Waals surface area contributed by atoms with Crippen molar-refractivity contribution in [2.24, 2.45) is 5.41 Å². The van der Waals surface area contributed by atoms with E-state index in [4.69, 9.17) is 0 Å². The third-order valence-electron chi connectivity index (χ3n) is 3.17. The van der Waals surface area contributed by atoms with Gasteiger partial charge in [0.1, 0.15) is 4.88 Å². The van der Waals surface area contributed by atoms with Gasteiger partial charge in [-0.1, -0.05) is 13.8 Å². The van der Waals surface area contributed by atoms with Crippen molar-refractivity contribution in [3.05, 3.63) is 16.0 Å². The van der Waals surface area contributed by atoms with Gasteiger partial charge in [-0.05, 0) is 42.1 Å². The van der Waals surface area contributed by atoms with Crippen LogP contribution in [0.4, 0.5) is 0 Å². The van der Waals surface area contributed by atoms with Crippen LogP contribution in [0.25, 0.3) is 0 Å². The van der Waals surface area contributed by atoms with Crippen molar-refractivity contribution in [2.75, 3.05) is 6.26 Å². The molecule has 0 atom stereocenters. The number of carbonyl (C=O) groups is 1. The van der Waals surface area contributed by atoms with Crippen molar-refractivity contribution in [3.8, 4) is 0 Å². The van der Waals surface area contributed by atoms with Crippen molar-refractivity contribution in [1.82, 2.24) is 0 Å². The van der Waals surface area contributed by atoms with E-state index in [2.05, 4.69) is 13.8 Å². The summed E-state index contributed by atoms with van der Waals surface area (Å²) in [5, 5.41) is 9.18. The van der Waals surface area contributed by atoms with E-state index in [-0.39, 0.29) is 0 Å². The molecule has 1 aliphatic carbocycles. The van der Waals surface area contributed by atoms with Crippen LogP contribution >= 0.6 is 23.1 Å². The summed E-state index contributed by atoms with van der Waals surface area (Å²) in [6.07, 6.45) is 5.05. The SMILES string of the molecule is CSc1sc(C(=O)O)c2c1CC(C)(C)CC2. The number of thiophene rings is 1. The monoisotopic (exact) mass is 256 g/mol. The molecule has 0 aromatic carbocycles. The minimum Gasteiger partial charge on any atom is -0.477 e. The van der Waals surface area contributed by atoms with Crippen LogP contribution in [0.1, 0.15) is 41.1 Å². The Labute approximate surface area is 104 Å². The normalized spacial score (nSPS) is 18.2. The summed E-state index contributed by atoms with van der Waals surface area (Å²) in [5.74, 6) is -0.763. The van der Waals surface area contributed by atoms with Crippen molar-refractivity contribution in [1.29, 1.82) is 0 Å². The molecule has 16 heavy (non-hydrogen) atoms. The summed E-state index contributed by atoms with van der Waals surface area (Å²) in [6.45, 7) is 4.52. The van der Waals surface area contributed by atoms with Crippen molar-refractivity contribution in [2.45, 2.75) is 37.3 Å². The highest BCUT2D eigenvalue weighted by Crippen LogP contribution is 2.44. The van der Waals surface area contributed by atoms with Crippen LogP contribution in [0, 0.1) is 5.41 Å². The largest absolute Gasteiger partial charge is 0.477 e. The van der Waals surface area contributed by atoms with Gasteiger partial charge in [0, 0.05) is 0 Å². The summed E-state index contributed by atoms with van der Waals surface area (Å²) < 4.78 is 1.19. The molecule has 1 N–H and O–H groups in total. The van der Waals surface area contributed by atoms with Crippen LogP contribution in [0.5, 0.6) is 0 Å². The van der Waals surface area contributed by atoms with Crippen LogP contribution in [-0.4, -0.2) is 17.3 Å². The Balaban J connectivity index is 2.50. The Morgan fingerprint density at radius 2 is 2.12 bits per heavy atom. The second-order valence-electron chi connectivity index (χ2n) is 5.03. The van der Waals surface area contributed by atoms with Crippen LogP contribution in [0.3, 0.4) is 0 Å². The van der Waals surface area contributed by atoms with E-state index in [1.165, 1.54) is 21.1 Å². The van der Waals surface area contributed by atoms with Gasteiger partial charge < -0.3 is 5.11 Å². The second kappa shape index (κ2) is 4.08. The lowest BCUT2D eigenvalue weighted by Crippen LogP contribution is -2.22. The lowest BCUT2D eigenvalue weighted by molar-refractivity contribution is 0.0700. The standard InChI is InChI=1S/C12H16O2S2/c1-12(2)5-4-7-8(6-12)11(15-3)16-9(7)10(13)14/h4-6H2,1-3H3,(H,13,14). The Morgan fingerprint density at radius 3 is 2.69 bits per heavy atom. The third kappa shape index (κ3) is 2.00. The zero-order valence-electron chi connectivity index (χ0n) is 9.79. The summed E-state index contributed by atoms with van der Waals surface area (Å²) in [4.78, 5) is 11.7. The van der Waals surface area contributed by atoms with Gasteiger partial charge in [0.15, 0.2) is 0 Å². The molecular weight excluding hydrogens is 240 g/mol. The first-order valence-corrected chi connectivity index (χ1v) is 7.40. The predicted octanol–water partition coefficient (Wildman–Crippen LogP) is 3.68. The van der Waals surface area contributed by atoms with E-state index in [0.29, 0.717) is 10.3 Å². The van der Waals surface area contributed by atoms with E-state index >= 15 is 0 Å². The first kappa shape index (κ1) is 12.0. The van der Waals surface area contributed by atoms with Gasteiger partial charge in [-0.15, -0.1) is 23.1 Å². The zero-order valence-corrected chi connectivity index (χ0v) is 11.4. The molecule has 2 nitrogen and oxygen atoms in total. The fraction of sp³-hybridized carbons (Fsp3) is 0.583. The first-order chi connectivity index (χ1) is 7.44. The molecule has 0 unspecified atom stereocenters. The van der Waals surface area contributed by atoms with Gasteiger partial charge in [0.2, 0.25) is 0 Å². The van der Waals surface area contributed by atoms with Gasteiger partial charge in [-0.25, -0.2) is 4.79 Å². The fourth-order valence-corrected chi connectivity index (χ4v) is 4.25. The van der Waals surface area contributed by atoms with E-state index in [9.17, 15) is 9.90 Å². The predicted molar refractivity (Wildman–Crippen MR) is 68.9 cm³/mol. The van der Waals surface area contributed by atoms with Crippen LogP contribution in [0.2, 0.25) is 0 Å². The van der Waals surface area contributed by atoms with Gasteiger partial charge in [-0.2, -0.15) is 0 Å². The highest BCUT2D eigenvalue weighted by molar-refractivity contribution is 8.00. The summed E-state index contributed by atoms with van der Waals surface area (Å²) >= 11 is 3.13. The maximum absolute atomic E-state index is 11.2. The molecule has 0 bridgehead atoms. The van der Waals surface area contributed by atoms with Crippen LogP contribution in [0.15, 0.2) is 4.21 Å². The topological polar surface area (TPSA) is 37.3 Å². The molecule has 4 heteroatoms. The molecule has 2 rings (SSSR count). The van der Waals surface area contributed by atoms with Gasteiger partial charge >= 0.3 is 5.97 Å². The minimum absolute atomic E-state index is 0.314. The van der Waals surface area contributed by atoms with Crippen molar-refractivity contribution < 1.29 is 9.90 Å². The molecule has 1 aromatic rings. The maximum Gasteiger partial charge on any atom is 0.346 e. The lowest BCUT2D eigenvalue weighted by Gasteiger charge is -2.30. The molecular formula is C12H16O2S2. The van der Waals surface area contributed by atoms with Crippen LogP contribution in [-0.2, 0) is 12.8 Å². The molecule has 0 amide bonds. The molecule has 88 valence electrons. The van der Waals surface area contributed by atoms with E-state index in [0.717, 1.165) is 24.8 Å². The van der Waals surface area contributed by atoms with Crippen LogP contribution < -0.4 is 0 Å². The number of fused-ring (bicyclic) bond motifs is 1. The number of carboxylic acid groups (broad SMARTS) is 1. The van der Waals surface area contributed by atoms with Crippen molar-refractivity contribution >= 4 is 29.1 Å². The maximum atomic E-state index is 11.2. The van der Waals surface area contributed by atoms with E-state index in [1.807, 2.05) is 6.26 Å². The molecule has 0 aliphatic heterocycles. The van der Waals surface area contributed by atoms with Gasteiger partial charge in [-0.3, -0.25) is 0 Å². The molecule has 0 saturated heterocycles.